The predicted molar refractivity (Wildman–Crippen MR) is 102 cm³/mol. The van der Waals surface area contributed by atoms with Gasteiger partial charge < -0.3 is 16.0 Å². The number of amides is 1. The van der Waals surface area contributed by atoms with E-state index in [1.807, 2.05) is 55.5 Å². The van der Waals surface area contributed by atoms with Gasteiger partial charge in [0.05, 0.1) is 11.9 Å². The van der Waals surface area contributed by atoms with E-state index < -0.39 is 0 Å². The van der Waals surface area contributed by atoms with Gasteiger partial charge in [-0.05, 0) is 43.3 Å². The first-order valence-electron chi connectivity index (χ1n) is 8.30. The number of pyridine rings is 1. The number of nitrogens with zero attached hydrogens (tertiary/aromatic N) is 3. The number of aryl methyl sites for hydroxylation is 1. The van der Waals surface area contributed by atoms with Crippen LogP contribution >= 0.6 is 0 Å². The molecule has 0 aliphatic carbocycles. The molecule has 0 unspecified atom stereocenters. The van der Waals surface area contributed by atoms with Crippen molar-refractivity contribution in [2.24, 2.45) is 0 Å². The number of hydrogen-bond acceptors (Lipinski definition) is 6. The fraction of sp³-hybridized carbons (Fsp3) is 0.158. The molecule has 7 nitrogen and oxygen atoms in total. The zero-order chi connectivity index (χ0) is 18.2. The summed E-state index contributed by atoms with van der Waals surface area (Å²) in [5, 5.41) is 17.3. The number of anilines is 3. The highest BCUT2D eigenvalue weighted by molar-refractivity contribution is 5.94. The highest BCUT2D eigenvalue weighted by Gasteiger charge is 2.04. The van der Waals surface area contributed by atoms with Crippen LogP contribution in [0.5, 0.6) is 0 Å². The fourth-order valence-corrected chi connectivity index (χ4v) is 2.25. The molecule has 3 aromatic rings. The molecule has 0 saturated carbocycles. The third-order valence-corrected chi connectivity index (χ3v) is 3.63. The summed E-state index contributed by atoms with van der Waals surface area (Å²) >= 11 is 0. The third kappa shape index (κ3) is 5.01. The summed E-state index contributed by atoms with van der Waals surface area (Å²) in [5.74, 6) is 1.19. The minimum atomic E-state index is -0.0890. The van der Waals surface area contributed by atoms with Gasteiger partial charge in [0.25, 0.3) is 5.91 Å². The molecule has 1 aromatic carbocycles. The SMILES string of the molecule is Cc1ccc(C(=O)NCCNc2ccc(Nc3cccnc3)nn2)cc1. The Hall–Kier alpha value is -3.48. The van der Waals surface area contributed by atoms with Crippen molar-refractivity contribution in [1.29, 1.82) is 0 Å². The summed E-state index contributed by atoms with van der Waals surface area (Å²) < 4.78 is 0. The van der Waals surface area contributed by atoms with Crippen LogP contribution in [0, 0.1) is 6.92 Å². The summed E-state index contributed by atoms with van der Waals surface area (Å²) in [4.78, 5) is 16.0. The first-order chi connectivity index (χ1) is 12.7. The third-order valence-electron chi connectivity index (χ3n) is 3.63. The normalized spacial score (nSPS) is 10.2. The molecule has 0 aliphatic heterocycles. The van der Waals surface area contributed by atoms with Crippen LogP contribution in [0.15, 0.2) is 60.9 Å². The maximum absolute atomic E-state index is 12.0. The van der Waals surface area contributed by atoms with Crippen LogP contribution in [-0.4, -0.2) is 34.2 Å². The predicted octanol–water partition coefficient (Wildman–Crippen LogP) is 2.77. The minimum absolute atomic E-state index is 0.0890. The van der Waals surface area contributed by atoms with Crippen LogP contribution in [-0.2, 0) is 0 Å². The van der Waals surface area contributed by atoms with E-state index in [1.54, 1.807) is 12.4 Å². The first-order valence-corrected chi connectivity index (χ1v) is 8.30. The summed E-state index contributed by atoms with van der Waals surface area (Å²) in [5.41, 5.74) is 2.63. The van der Waals surface area contributed by atoms with Crippen molar-refractivity contribution in [3.63, 3.8) is 0 Å². The van der Waals surface area contributed by atoms with E-state index in [2.05, 4.69) is 31.1 Å². The van der Waals surface area contributed by atoms with Crippen LogP contribution in [0.2, 0.25) is 0 Å². The van der Waals surface area contributed by atoms with E-state index in [9.17, 15) is 4.79 Å². The standard InChI is InChI=1S/C19H20N6O/c1-14-4-6-15(7-5-14)19(26)22-12-11-21-17-8-9-18(25-24-17)23-16-3-2-10-20-13-16/h2-10,13H,11-12H2,1H3,(H,21,24)(H,22,26)(H,23,25). The van der Waals surface area contributed by atoms with Gasteiger partial charge in [0.2, 0.25) is 0 Å². The summed E-state index contributed by atoms with van der Waals surface area (Å²) in [6.45, 7) is 3.04. The van der Waals surface area contributed by atoms with E-state index in [0.29, 0.717) is 30.3 Å². The van der Waals surface area contributed by atoms with Crippen LogP contribution in [0.3, 0.4) is 0 Å². The molecule has 0 spiro atoms. The molecule has 0 radical (unpaired) electrons. The second kappa shape index (κ2) is 8.57. The zero-order valence-electron chi connectivity index (χ0n) is 14.4. The number of hydrogen-bond donors (Lipinski definition) is 3. The second-order valence-corrected chi connectivity index (χ2v) is 5.72. The summed E-state index contributed by atoms with van der Waals surface area (Å²) in [6.07, 6.45) is 3.42. The van der Waals surface area contributed by atoms with Gasteiger partial charge in [-0.25, -0.2) is 0 Å². The molecule has 132 valence electrons. The number of carbonyl (C=O) groups is 1. The molecule has 0 saturated heterocycles. The Morgan fingerprint density at radius 2 is 1.73 bits per heavy atom. The van der Waals surface area contributed by atoms with E-state index in [4.69, 9.17) is 0 Å². The van der Waals surface area contributed by atoms with Crippen molar-refractivity contribution < 1.29 is 4.79 Å². The van der Waals surface area contributed by atoms with Gasteiger partial charge in [0, 0.05) is 24.8 Å². The molecule has 3 N–H and O–H groups in total. The Morgan fingerprint density at radius 1 is 0.962 bits per heavy atom. The maximum atomic E-state index is 12.0. The molecule has 0 atom stereocenters. The first kappa shape index (κ1) is 17.3. The molecule has 3 rings (SSSR count). The number of aromatic nitrogens is 3. The summed E-state index contributed by atoms with van der Waals surface area (Å²) in [7, 11) is 0. The lowest BCUT2D eigenvalue weighted by molar-refractivity contribution is 0.0955. The topological polar surface area (TPSA) is 91.8 Å². The molecule has 0 fully saturated rings. The van der Waals surface area contributed by atoms with Crippen LogP contribution < -0.4 is 16.0 Å². The molecular formula is C19H20N6O. The van der Waals surface area contributed by atoms with Gasteiger partial charge in [-0.3, -0.25) is 9.78 Å². The van der Waals surface area contributed by atoms with Crippen LogP contribution in [0.25, 0.3) is 0 Å². The van der Waals surface area contributed by atoms with E-state index in [-0.39, 0.29) is 5.91 Å². The van der Waals surface area contributed by atoms with Gasteiger partial charge >= 0.3 is 0 Å². The maximum Gasteiger partial charge on any atom is 0.251 e. The minimum Gasteiger partial charge on any atom is -0.367 e. The summed E-state index contributed by atoms with van der Waals surface area (Å²) in [6, 6.07) is 14.9. The van der Waals surface area contributed by atoms with Gasteiger partial charge in [-0.1, -0.05) is 17.7 Å². The quantitative estimate of drug-likeness (QED) is 0.569. The smallest absolute Gasteiger partial charge is 0.251 e. The van der Waals surface area contributed by atoms with Gasteiger partial charge in [0.1, 0.15) is 5.82 Å². The highest BCUT2D eigenvalue weighted by Crippen LogP contribution is 2.12. The Morgan fingerprint density at radius 3 is 2.42 bits per heavy atom. The molecule has 0 aliphatic rings. The molecular weight excluding hydrogens is 328 g/mol. The molecule has 26 heavy (non-hydrogen) atoms. The van der Waals surface area contributed by atoms with Crippen molar-refractivity contribution >= 4 is 23.2 Å². The average molecular weight is 348 g/mol. The lowest BCUT2D eigenvalue weighted by atomic mass is 10.1. The van der Waals surface area contributed by atoms with E-state index in [1.165, 1.54) is 0 Å². The number of benzene rings is 1. The van der Waals surface area contributed by atoms with Gasteiger partial charge in [0.15, 0.2) is 5.82 Å². The molecule has 7 heteroatoms. The monoisotopic (exact) mass is 348 g/mol. The van der Waals surface area contributed by atoms with Crippen molar-refractivity contribution in [3.8, 4) is 0 Å². The molecule has 0 bridgehead atoms. The number of carbonyl (C=O) groups excluding carboxylic acids is 1. The largest absolute Gasteiger partial charge is 0.367 e. The average Bonchev–Trinajstić information content (AvgIpc) is 2.68. The van der Waals surface area contributed by atoms with Crippen LogP contribution in [0.1, 0.15) is 15.9 Å². The van der Waals surface area contributed by atoms with Crippen molar-refractivity contribution in [3.05, 3.63) is 72.1 Å². The lowest BCUT2D eigenvalue weighted by Gasteiger charge is -2.08. The Balaban J connectivity index is 1.42. The lowest BCUT2D eigenvalue weighted by Crippen LogP contribution is -2.28. The van der Waals surface area contributed by atoms with Crippen LogP contribution in [0.4, 0.5) is 17.3 Å². The van der Waals surface area contributed by atoms with E-state index >= 15 is 0 Å². The highest BCUT2D eigenvalue weighted by atomic mass is 16.1. The van der Waals surface area contributed by atoms with Gasteiger partial charge in [-0.15, -0.1) is 10.2 Å². The second-order valence-electron chi connectivity index (χ2n) is 5.72. The Bertz CT molecular complexity index is 834. The van der Waals surface area contributed by atoms with E-state index in [0.717, 1.165) is 11.3 Å². The Kier molecular flexibility index (Phi) is 5.72. The number of rotatable bonds is 7. The van der Waals surface area contributed by atoms with Crippen molar-refractivity contribution in [2.75, 3.05) is 23.7 Å². The van der Waals surface area contributed by atoms with Gasteiger partial charge in [-0.2, -0.15) is 0 Å². The molecule has 2 heterocycles. The van der Waals surface area contributed by atoms with Crippen molar-refractivity contribution in [2.45, 2.75) is 6.92 Å². The molecule has 2 aromatic heterocycles. The molecule has 1 amide bonds. The number of nitrogens with one attached hydrogen (secondary N) is 3. The zero-order valence-corrected chi connectivity index (χ0v) is 14.4. The van der Waals surface area contributed by atoms with Crippen molar-refractivity contribution in [1.82, 2.24) is 20.5 Å². The fourth-order valence-electron chi connectivity index (χ4n) is 2.25. The Labute approximate surface area is 151 Å².